The lowest BCUT2D eigenvalue weighted by Crippen LogP contribution is -2.49. The monoisotopic (exact) mass is 370 g/mol. The van der Waals surface area contributed by atoms with E-state index in [1.54, 1.807) is 32.4 Å². The van der Waals surface area contributed by atoms with E-state index in [1.165, 1.54) is 0 Å². The summed E-state index contributed by atoms with van der Waals surface area (Å²) in [5.74, 6) is 2.95. The van der Waals surface area contributed by atoms with Gasteiger partial charge in [0.1, 0.15) is 23.1 Å². The second-order valence-electron chi connectivity index (χ2n) is 6.69. The van der Waals surface area contributed by atoms with Crippen molar-refractivity contribution in [1.82, 2.24) is 14.9 Å². The van der Waals surface area contributed by atoms with Crippen molar-refractivity contribution in [3.8, 4) is 11.5 Å². The average Bonchev–Trinajstić information content (AvgIpc) is 2.69. The largest absolute Gasteiger partial charge is 0.497 e. The van der Waals surface area contributed by atoms with Crippen molar-refractivity contribution in [3.63, 3.8) is 0 Å². The zero-order valence-electron chi connectivity index (χ0n) is 16.6. The van der Waals surface area contributed by atoms with Crippen LogP contribution in [0.1, 0.15) is 27.4 Å². The highest BCUT2D eigenvalue weighted by molar-refractivity contribution is 5.95. The van der Waals surface area contributed by atoms with Gasteiger partial charge >= 0.3 is 0 Å². The molecule has 0 spiro atoms. The van der Waals surface area contributed by atoms with Crippen LogP contribution in [-0.2, 0) is 0 Å². The third-order valence-electron chi connectivity index (χ3n) is 4.94. The number of piperazine rings is 1. The predicted molar refractivity (Wildman–Crippen MR) is 104 cm³/mol. The quantitative estimate of drug-likeness (QED) is 0.823. The Kier molecular flexibility index (Phi) is 5.48. The van der Waals surface area contributed by atoms with Crippen molar-refractivity contribution in [1.29, 1.82) is 0 Å². The molecule has 0 atom stereocenters. The number of aromatic nitrogens is 2. The second-order valence-corrected chi connectivity index (χ2v) is 6.69. The number of nitrogens with zero attached hydrogens (tertiary/aromatic N) is 4. The maximum absolute atomic E-state index is 12.9. The Bertz CT molecular complexity index is 823. The molecule has 2 heterocycles. The van der Waals surface area contributed by atoms with E-state index < -0.39 is 0 Å². The van der Waals surface area contributed by atoms with Crippen LogP contribution in [0.25, 0.3) is 0 Å². The maximum atomic E-state index is 12.9. The molecule has 0 N–H and O–H groups in total. The topological polar surface area (TPSA) is 67.8 Å². The second kappa shape index (κ2) is 7.82. The molecule has 7 heteroatoms. The highest BCUT2D eigenvalue weighted by Crippen LogP contribution is 2.25. The number of amides is 1. The summed E-state index contributed by atoms with van der Waals surface area (Å²) in [5, 5.41) is 0. The first-order chi connectivity index (χ1) is 12.9. The molecular formula is C20H26N4O3. The van der Waals surface area contributed by atoms with Gasteiger partial charge in [0.15, 0.2) is 0 Å². The van der Waals surface area contributed by atoms with Crippen molar-refractivity contribution in [2.45, 2.75) is 20.8 Å². The van der Waals surface area contributed by atoms with Crippen LogP contribution in [0.3, 0.4) is 0 Å². The molecule has 1 aromatic heterocycles. The first-order valence-corrected chi connectivity index (χ1v) is 9.02. The first kappa shape index (κ1) is 18.9. The normalized spacial score (nSPS) is 14.3. The van der Waals surface area contributed by atoms with Gasteiger partial charge in [0.2, 0.25) is 0 Å². The number of benzene rings is 1. The fourth-order valence-electron chi connectivity index (χ4n) is 3.29. The number of hydrogen-bond donors (Lipinski definition) is 0. The van der Waals surface area contributed by atoms with Gasteiger partial charge in [0.25, 0.3) is 5.91 Å². The Hall–Kier alpha value is -2.83. The van der Waals surface area contributed by atoms with E-state index >= 15 is 0 Å². The molecule has 1 saturated heterocycles. The van der Waals surface area contributed by atoms with Crippen LogP contribution in [0.5, 0.6) is 11.5 Å². The fraction of sp³-hybridized carbons (Fsp3) is 0.450. The molecule has 3 rings (SSSR count). The van der Waals surface area contributed by atoms with Gasteiger partial charge in [0, 0.05) is 49.1 Å². The molecule has 7 nitrogen and oxygen atoms in total. The van der Waals surface area contributed by atoms with Crippen molar-refractivity contribution >= 4 is 11.7 Å². The lowest BCUT2D eigenvalue weighted by Gasteiger charge is -2.36. The minimum absolute atomic E-state index is 0.0152. The van der Waals surface area contributed by atoms with Gasteiger partial charge in [-0.1, -0.05) is 0 Å². The number of carbonyl (C=O) groups is 1. The molecule has 0 saturated carbocycles. The minimum atomic E-state index is -0.0152. The van der Waals surface area contributed by atoms with Crippen LogP contribution in [-0.4, -0.2) is 61.2 Å². The number of rotatable bonds is 4. The standard InChI is InChI=1S/C20H26N4O3/c1-13-14(2)21-15(3)22-19(13)23-6-8-24(9-7-23)20(25)16-10-17(26-4)12-18(11-16)27-5/h10-12H,6-9H2,1-5H3. The summed E-state index contributed by atoms with van der Waals surface area (Å²) >= 11 is 0. The Balaban J connectivity index is 1.73. The number of methoxy groups -OCH3 is 2. The smallest absolute Gasteiger partial charge is 0.254 e. The van der Waals surface area contributed by atoms with Crippen LogP contribution < -0.4 is 14.4 Å². The Labute approximate surface area is 159 Å². The number of carbonyl (C=O) groups excluding carboxylic acids is 1. The van der Waals surface area contributed by atoms with Crippen molar-refractivity contribution in [3.05, 3.63) is 40.8 Å². The van der Waals surface area contributed by atoms with Gasteiger partial charge in [-0.2, -0.15) is 0 Å². The lowest BCUT2D eigenvalue weighted by molar-refractivity contribution is 0.0745. The molecule has 0 radical (unpaired) electrons. The van der Waals surface area contributed by atoms with Crippen molar-refractivity contribution in [2.75, 3.05) is 45.3 Å². The number of hydrogen-bond acceptors (Lipinski definition) is 6. The van der Waals surface area contributed by atoms with Crippen LogP contribution in [0.2, 0.25) is 0 Å². The van der Waals surface area contributed by atoms with Crippen molar-refractivity contribution in [2.24, 2.45) is 0 Å². The third kappa shape index (κ3) is 3.97. The van der Waals surface area contributed by atoms with E-state index in [9.17, 15) is 4.79 Å². The summed E-state index contributed by atoms with van der Waals surface area (Å²) in [4.78, 5) is 26.0. The molecule has 0 bridgehead atoms. The van der Waals surface area contributed by atoms with Crippen LogP contribution in [0.15, 0.2) is 18.2 Å². The van der Waals surface area contributed by atoms with Crippen LogP contribution >= 0.6 is 0 Å². The molecular weight excluding hydrogens is 344 g/mol. The third-order valence-corrected chi connectivity index (χ3v) is 4.94. The van der Waals surface area contributed by atoms with Gasteiger partial charge < -0.3 is 19.3 Å². The van der Waals surface area contributed by atoms with Crippen molar-refractivity contribution < 1.29 is 14.3 Å². The van der Waals surface area contributed by atoms with Crippen LogP contribution in [0, 0.1) is 20.8 Å². The molecule has 144 valence electrons. The zero-order chi connectivity index (χ0) is 19.6. The summed E-state index contributed by atoms with van der Waals surface area (Å²) in [6, 6.07) is 5.26. The van der Waals surface area contributed by atoms with E-state index in [0.717, 1.165) is 36.0 Å². The SMILES string of the molecule is COc1cc(OC)cc(C(=O)N2CCN(c3nc(C)nc(C)c3C)CC2)c1. The van der Waals surface area contributed by atoms with Crippen LogP contribution in [0.4, 0.5) is 5.82 Å². The fourth-order valence-corrected chi connectivity index (χ4v) is 3.29. The highest BCUT2D eigenvalue weighted by atomic mass is 16.5. The summed E-state index contributed by atoms with van der Waals surface area (Å²) in [6.07, 6.45) is 0. The Morgan fingerprint density at radius 3 is 2.07 bits per heavy atom. The van der Waals surface area contributed by atoms with Gasteiger partial charge in [-0.25, -0.2) is 9.97 Å². The Morgan fingerprint density at radius 1 is 0.926 bits per heavy atom. The molecule has 1 fully saturated rings. The molecule has 1 aliphatic heterocycles. The molecule has 1 aliphatic rings. The van der Waals surface area contributed by atoms with Gasteiger partial charge in [-0.3, -0.25) is 4.79 Å². The van der Waals surface area contributed by atoms with E-state index in [-0.39, 0.29) is 5.91 Å². The van der Waals surface area contributed by atoms with E-state index in [1.807, 2.05) is 25.7 Å². The molecule has 0 unspecified atom stereocenters. The molecule has 0 aliphatic carbocycles. The lowest BCUT2D eigenvalue weighted by atomic mass is 10.1. The summed E-state index contributed by atoms with van der Waals surface area (Å²) < 4.78 is 10.5. The summed E-state index contributed by atoms with van der Waals surface area (Å²) in [7, 11) is 3.16. The van der Waals surface area contributed by atoms with E-state index in [2.05, 4.69) is 14.9 Å². The molecule has 1 amide bonds. The zero-order valence-corrected chi connectivity index (χ0v) is 16.6. The maximum Gasteiger partial charge on any atom is 0.254 e. The Morgan fingerprint density at radius 2 is 1.52 bits per heavy atom. The minimum Gasteiger partial charge on any atom is -0.497 e. The average molecular weight is 370 g/mol. The van der Waals surface area contributed by atoms with E-state index in [4.69, 9.17) is 9.47 Å². The van der Waals surface area contributed by atoms with Gasteiger partial charge in [-0.05, 0) is 32.9 Å². The number of ether oxygens (including phenoxy) is 2. The molecule has 27 heavy (non-hydrogen) atoms. The van der Waals surface area contributed by atoms with Gasteiger partial charge in [0.05, 0.1) is 14.2 Å². The highest BCUT2D eigenvalue weighted by Gasteiger charge is 2.25. The summed E-state index contributed by atoms with van der Waals surface area (Å²) in [5.41, 5.74) is 2.67. The predicted octanol–water partition coefficient (Wildman–Crippen LogP) is 2.38. The summed E-state index contributed by atoms with van der Waals surface area (Å²) in [6.45, 7) is 8.71. The molecule has 2 aromatic rings. The van der Waals surface area contributed by atoms with Gasteiger partial charge in [-0.15, -0.1) is 0 Å². The number of anilines is 1. The van der Waals surface area contributed by atoms with E-state index in [0.29, 0.717) is 30.2 Å². The molecule has 1 aromatic carbocycles. The number of aryl methyl sites for hydroxylation is 2. The first-order valence-electron chi connectivity index (χ1n) is 9.02.